The van der Waals surface area contributed by atoms with E-state index in [1.807, 2.05) is 0 Å². The van der Waals surface area contributed by atoms with Crippen LogP contribution in [0.15, 0.2) is 40.1 Å². The molecule has 3 atom stereocenters. The van der Waals surface area contributed by atoms with E-state index in [0.29, 0.717) is 5.56 Å². The fourth-order valence-electron chi connectivity index (χ4n) is 2.86. The van der Waals surface area contributed by atoms with Gasteiger partial charge in [0, 0.05) is 18.2 Å². The molecule has 140 valence electrons. The minimum absolute atomic E-state index is 0.0756. The van der Waals surface area contributed by atoms with Gasteiger partial charge >= 0.3 is 5.69 Å². The van der Waals surface area contributed by atoms with Crippen LogP contribution < -0.4 is 11.2 Å². The van der Waals surface area contributed by atoms with Crippen molar-refractivity contribution in [1.82, 2.24) is 9.55 Å². The molecule has 0 saturated carbocycles. The van der Waals surface area contributed by atoms with Crippen molar-refractivity contribution in [1.29, 1.82) is 0 Å². The zero-order chi connectivity index (χ0) is 19.6. The van der Waals surface area contributed by atoms with E-state index in [0.717, 1.165) is 10.1 Å². The molecular weight excluding hydrogens is 352 g/mol. The molecule has 1 aromatic heterocycles. The van der Waals surface area contributed by atoms with Crippen molar-refractivity contribution in [2.45, 2.75) is 31.8 Å². The first-order valence-electron chi connectivity index (χ1n) is 8.32. The van der Waals surface area contributed by atoms with Crippen LogP contribution in [0.4, 0.5) is 0 Å². The summed E-state index contributed by atoms with van der Waals surface area (Å²) in [5.41, 5.74) is -0.339. The second-order valence-corrected chi connectivity index (χ2v) is 6.22. The van der Waals surface area contributed by atoms with Crippen molar-refractivity contribution < 1.29 is 19.7 Å². The van der Waals surface area contributed by atoms with E-state index >= 15 is 0 Å². The summed E-state index contributed by atoms with van der Waals surface area (Å²) in [6.07, 6.45) is -1.33. The molecule has 0 radical (unpaired) electrons. The van der Waals surface area contributed by atoms with Crippen LogP contribution in [0.2, 0.25) is 0 Å². The molecule has 1 fully saturated rings. The van der Waals surface area contributed by atoms with Crippen LogP contribution in [-0.4, -0.2) is 44.4 Å². The lowest BCUT2D eigenvalue weighted by atomic mass is 10.1. The third-order valence-electron chi connectivity index (χ3n) is 4.36. The average molecular weight is 370 g/mol. The molecule has 0 aliphatic carbocycles. The van der Waals surface area contributed by atoms with Gasteiger partial charge in [0.1, 0.15) is 17.9 Å². The van der Waals surface area contributed by atoms with Gasteiger partial charge in [0.15, 0.2) is 0 Å². The Hall–Kier alpha value is -2.99. The fraction of sp³-hybridized carbons (Fsp3) is 0.316. The first-order valence-corrected chi connectivity index (χ1v) is 8.32. The summed E-state index contributed by atoms with van der Waals surface area (Å²) >= 11 is 0. The van der Waals surface area contributed by atoms with Gasteiger partial charge in [-0.2, -0.15) is 0 Å². The maximum Gasteiger partial charge on any atom is 0.330 e. The van der Waals surface area contributed by atoms with E-state index in [9.17, 15) is 19.5 Å². The second-order valence-electron chi connectivity index (χ2n) is 6.22. The van der Waals surface area contributed by atoms with Crippen LogP contribution in [0.5, 0.6) is 0 Å². The lowest BCUT2D eigenvalue weighted by Crippen LogP contribution is -2.33. The average Bonchev–Trinajstić information content (AvgIpc) is 3.01. The molecule has 3 N–H and O–H groups in total. The van der Waals surface area contributed by atoms with Gasteiger partial charge in [0.05, 0.1) is 12.7 Å². The Balaban J connectivity index is 1.92. The number of H-pyrrole nitrogens is 1. The zero-order valence-corrected chi connectivity index (χ0v) is 14.5. The topological polar surface area (TPSA) is 122 Å². The molecule has 1 aliphatic rings. The number of aliphatic hydroxyl groups is 2. The van der Waals surface area contributed by atoms with E-state index in [4.69, 9.17) is 9.84 Å². The molecule has 0 amide bonds. The number of nitrogens with zero attached hydrogens (tertiary/aromatic N) is 1. The summed E-state index contributed by atoms with van der Waals surface area (Å²) in [7, 11) is 0. The summed E-state index contributed by atoms with van der Waals surface area (Å²) in [6, 6.07) is 6.94. The van der Waals surface area contributed by atoms with Crippen molar-refractivity contribution in [3.63, 3.8) is 0 Å². The molecule has 27 heavy (non-hydrogen) atoms. The Morgan fingerprint density at radius 3 is 2.78 bits per heavy atom. The van der Waals surface area contributed by atoms with Crippen LogP contribution in [0.25, 0.3) is 0 Å². The van der Waals surface area contributed by atoms with Crippen molar-refractivity contribution >= 4 is 5.78 Å². The van der Waals surface area contributed by atoms with E-state index < -0.39 is 42.1 Å². The minimum Gasteiger partial charge on any atom is -0.394 e. The number of ketones is 1. The molecule has 1 aromatic carbocycles. The lowest BCUT2D eigenvalue weighted by molar-refractivity contribution is -0.0459. The predicted molar refractivity (Wildman–Crippen MR) is 95.3 cm³/mol. The van der Waals surface area contributed by atoms with Gasteiger partial charge in [-0.25, -0.2) is 4.79 Å². The van der Waals surface area contributed by atoms with Gasteiger partial charge in [0.2, 0.25) is 5.78 Å². The molecular formula is C19H18N2O6. The highest BCUT2D eigenvalue weighted by Gasteiger charge is 2.35. The summed E-state index contributed by atoms with van der Waals surface area (Å²) < 4.78 is 6.51. The number of ether oxygens (including phenoxy) is 1. The number of hydrogen-bond donors (Lipinski definition) is 3. The molecule has 1 aliphatic heterocycles. The molecule has 0 bridgehead atoms. The summed E-state index contributed by atoms with van der Waals surface area (Å²) in [4.78, 5) is 38.4. The Labute approximate surface area is 154 Å². The molecule has 3 rings (SSSR count). The van der Waals surface area contributed by atoms with E-state index in [1.165, 1.54) is 6.20 Å². The Bertz CT molecular complexity index is 1040. The molecule has 8 nitrogen and oxygen atoms in total. The van der Waals surface area contributed by atoms with Gasteiger partial charge in [-0.15, -0.1) is 0 Å². The van der Waals surface area contributed by atoms with Gasteiger partial charge < -0.3 is 14.9 Å². The number of benzene rings is 1. The number of aliphatic hydroxyl groups excluding tert-OH is 2. The first-order chi connectivity index (χ1) is 12.9. The molecule has 2 heterocycles. The van der Waals surface area contributed by atoms with Gasteiger partial charge in [0.25, 0.3) is 5.56 Å². The monoisotopic (exact) mass is 370 g/mol. The third-order valence-corrected chi connectivity index (χ3v) is 4.36. The number of aromatic nitrogens is 2. The lowest BCUT2D eigenvalue weighted by Gasteiger charge is -2.14. The number of aryl methyl sites for hydroxylation is 1. The van der Waals surface area contributed by atoms with Gasteiger partial charge in [-0.05, 0) is 18.4 Å². The van der Waals surface area contributed by atoms with Crippen LogP contribution in [0.3, 0.4) is 0 Å². The Morgan fingerprint density at radius 1 is 1.37 bits per heavy atom. The summed E-state index contributed by atoms with van der Waals surface area (Å²) in [5, 5.41) is 19.0. The molecule has 8 heteroatoms. The number of rotatable bonds is 3. The van der Waals surface area contributed by atoms with E-state index in [1.54, 1.807) is 31.2 Å². The first kappa shape index (κ1) is 18.8. The number of carbonyl (C=O) groups is 1. The largest absolute Gasteiger partial charge is 0.394 e. The number of carbonyl (C=O) groups excluding carboxylic acids is 1. The number of nitrogens with one attached hydrogen (secondary N) is 1. The predicted octanol–water partition coefficient (Wildman–Crippen LogP) is -0.280. The van der Waals surface area contributed by atoms with Gasteiger partial charge in [-0.1, -0.05) is 30.2 Å². The second kappa shape index (κ2) is 7.72. The van der Waals surface area contributed by atoms with Crippen LogP contribution >= 0.6 is 0 Å². The fourth-order valence-corrected chi connectivity index (χ4v) is 2.86. The Morgan fingerprint density at radius 2 is 2.11 bits per heavy atom. The standard InChI is InChI=1S/C19H18N2O6/c1-11-4-2-3-5-13(11)14(23)7-6-12-9-21(19(26)20-18(12)25)17-8-15(24)16(10-22)27-17/h2-5,9,15-17,22,24H,8,10H2,1H3,(H,20,25,26)/t15-,16+,17+/m0/s1. The third kappa shape index (κ3) is 3.90. The van der Waals surface area contributed by atoms with Crippen molar-refractivity contribution in [3.8, 4) is 11.8 Å². The van der Waals surface area contributed by atoms with Crippen molar-refractivity contribution in [2.24, 2.45) is 0 Å². The SMILES string of the molecule is Cc1ccccc1C(=O)C#Cc1cn([C@H]2C[C@H](O)[C@@H](CO)O2)c(=O)[nH]c1=O. The number of hydrogen-bond acceptors (Lipinski definition) is 6. The van der Waals surface area contributed by atoms with Crippen LogP contribution in [-0.2, 0) is 4.74 Å². The minimum atomic E-state index is -0.934. The maximum atomic E-state index is 12.2. The van der Waals surface area contributed by atoms with Crippen LogP contribution in [0.1, 0.15) is 34.1 Å². The van der Waals surface area contributed by atoms with Gasteiger partial charge in [-0.3, -0.25) is 19.1 Å². The summed E-state index contributed by atoms with van der Waals surface area (Å²) in [5.74, 6) is 4.46. The molecule has 2 aromatic rings. The highest BCUT2D eigenvalue weighted by Crippen LogP contribution is 2.27. The molecule has 0 spiro atoms. The summed E-state index contributed by atoms with van der Waals surface area (Å²) in [6.45, 7) is 1.38. The normalized spacial score (nSPS) is 21.5. The molecule has 1 saturated heterocycles. The maximum absolute atomic E-state index is 12.2. The number of Topliss-reactive ketones (excluding diaryl/α,β-unsaturated/α-hetero) is 1. The van der Waals surface area contributed by atoms with Crippen molar-refractivity contribution in [2.75, 3.05) is 6.61 Å². The Kier molecular flexibility index (Phi) is 5.37. The quantitative estimate of drug-likeness (QED) is 0.505. The van der Waals surface area contributed by atoms with E-state index in [2.05, 4.69) is 16.8 Å². The van der Waals surface area contributed by atoms with Crippen molar-refractivity contribution in [3.05, 3.63) is 68.0 Å². The highest BCUT2D eigenvalue weighted by molar-refractivity contribution is 6.10. The van der Waals surface area contributed by atoms with Crippen LogP contribution in [0, 0.1) is 18.8 Å². The highest BCUT2D eigenvalue weighted by atomic mass is 16.5. The van der Waals surface area contributed by atoms with E-state index in [-0.39, 0.29) is 12.0 Å². The smallest absolute Gasteiger partial charge is 0.330 e. The molecule has 0 unspecified atom stereocenters. The zero-order valence-electron chi connectivity index (χ0n) is 14.5. The number of aromatic amines is 1.